The molecular formula is C15H12Br2N4O. The van der Waals surface area contributed by atoms with Gasteiger partial charge in [0.2, 0.25) is 0 Å². The van der Waals surface area contributed by atoms with E-state index in [-0.39, 0.29) is 5.91 Å². The van der Waals surface area contributed by atoms with Crippen LogP contribution in [-0.2, 0) is 7.05 Å². The second-order valence-corrected chi connectivity index (χ2v) is 6.47. The normalized spacial score (nSPS) is 10.9. The van der Waals surface area contributed by atoms with Crippen molar-refractivity contribution >= 4 is 54.4 Å². The Bertz CT molecular complexity index is 889. The van der Waals surface area contributed by atoms with Gasteiger partial charge in [-0.05, 0) is 41.1 Å². The number of aryl methyl sites for hydroxylation is 1. The van der Waals surface area contributed by atoms with E-state index in [2.05, 4.69) is 47.3 Å². The van der Waals surface area contributed by atoms with Crippen LogP contribution in [-0.4, -0.2) is 20.7 Å². The molecule has 22 heavy (non-hydrogen) atoms. The Morgan fingerprint density at radius 2 is 2.05 bits per heavy atom. The van der Waals surface area contributed by atoms with Crippen LogP contribution in [0.1, 0.15) is 16.2 Å². The number of aromatic nitrogens is 3. The van der Waals surface area contributed by atoms with Crippen LogP contribution in [0.25, 0.3) is 10.9 Å². The number of amides is 1. The minimum Gasteiger partial charge on any atom is -0.319 e. The number of carbonyl (C=O) groups is 1. The Morgan fingerprint density at radius 1 is 1.27 bits per heavy atom. The zero-order valence-electron chi connectivity index (χ0n) is 11.9. The third kappa shape index (κ3) is 2.55. The Labute approximate surface area is 144 Å². The predicted octanol–water partition coefficient (Wildman–Crippen LogP) is 4.05. The van der Waals surface area contributed by atoms with Crippen LogP contribution in [0.3, 0.4) is 0 Å². The highest BCUT2D eigenvalue weighted by atomic mass is 79.9. The van der Waals surface area contributed by atoms with Gasteiger partial charge in [-0.2, -0.15) is 5.10 Å². The first kappa shape index (κ1) is 15.2. The molecule has 1 amide bonds. The van der Waals surface area contributed by atoms with Gasteiger partial charge in [-0.25, -0.2) is 0 Å². The number of benzene rings is 1. The molecule has 5 nitrogen and oxygen atoms in total. The molecule has 0 saturated heterocycles. The molecule has 0 atom stereocenters. The van der Waals surface area contributed by atoms with Gasteiger partial charge in [-0.1, -0.05) is 22.0 Å². The molecule has 0 aliphatic heterocycles. The fourth-order valence-corrected chi connectivity index (χ4v) is 3.12. The maximum atomic E-state index is 12.5. The highest BCUT2D eigenvalue weighted by molar-refractivity contribution is 9.11. The monoisotopic (exact) mass is 422 g/mol. The predicted molar refractivity (Wildman–Crippen MR) is 93.0 cm³/mol. The lowest BCUT2D eigenvalue weighted by molar-refractivity contribution is 0.102. The molecule has 7 heteroatoms. The number of anilines is 1. The molecule has 0 unspecified atom stereocenters. The van der Waals surface area contributed by atoms with Gasteiger partial charge < -0.3 is 5.32 Å². The van der Waals surface area contributed by atoms with E-state index in [4.69, 9.17) is 0 Å². The third-order valence-corrected chi connectivity index (χ3v) is 5.08. The van der Waals surface area contributed by atoms with Gasteiger partial charge in [0.05, 0.1) is 21.4 Å². The number of hydrogen-bond donors (Lipinski definition) is 1. The van der Waals surface area contributed by atoms with E-state index in [1.54, 1.807) is 17.9 Å². The number of pyridine rings is 1. The quantitative estimate of drug-likeness (QED) is 0.676. The molecule has 0 bridgehead atoms. The molecule has 0 radical (unpaired) electrons. The molecule has 112 valence electrons. The Hall–Kier alpha value is -1.73. The van der Waals surface area contributed by atoms with E-state index in [0.29, 0.717) is 15.9 Å². The van der Waals surface area contributed by atoms with Crippen LogP contribution in [0.2, 0.25) is 0 Å². The number of halogens is 2. The highest BCUT2D eigenvalue weighted by Gasteiger charge is 2.19. The summed E-state index contributed by atoms with van der Waals surface area (Å²) in [5.41, 5.74) is 2.63. The summed E-state index contributed by atoms with van der Waals surface area (Å²) < 4.78 is 3.29. The molecule has 2 heterocycles. The summed E-state index contributed by atoms with van der Waals surface area (Å²) in [5.74, 6) is -0.273. The largest absolute Gasteiger partial charge is 0.319 e. The van der Waals surface area contributed by atoms with Crippen molar-refractivity contribution in [3.05, 3.63) is 50.8 Å². The Balaban J connectivity index is 2.01. The van der Waals surface area contributed by atoms with E-state index >= 15 is 0 Å². The molecule has 0 aliphatic rings. The molecule has 1 aromatic carbocycles. The minimum absolute atomic E-state index is 0.273. The number of fused-ring (bicyclic) bond motifs is 1. The molecule has 0 spiro atoms. The average molecular weight is 424 g/mol. The van der Waals surface area contributed by atoms with Crippen molar-refractivity contribution in [3.63, 3.8) is 0 Å². The summed E-state index contributed by atoms with van der Waals surface area (Å²) in [5, 5.41) is 8.05. The molecule has 0 aliphatic carbocycles. The second kappa shape index (κ2) is 5.81. The number of carbonyl (C=O) groups excluding carboxylic acids is 1. The Morgan fingerprint density at radius 3 is 2.73 bits per heavy atom. The van der Waals surface area contributed by atoms with E-state index in [1.165, 1.54) is 0 Å². The zero-order valence-corrected chi connectivity index (χ0v) is 15.1. The van der Waals surface area contributed by atoms with E-state index in [1.807, 2.05) is 31.2 Å². The van der Waals surface area contributed by atoms with Gasteiger partial charge in [0.1, 0.15) is 0 Å². The Kier molecular flexibility index (Phi) is 4.01. The maximum Gasteiger partial charge on any atom is 0.277 e. The summed E-state index contributed by atoms with van der Waals surface area (Å²) in [6, 6.07) is 7.51. The van der Waals surface area contributed by atoms with Gasteiger partial charge >= 0.3 is 0 Å². The SMILES string of the molecule is Cc1c(Br)c(C(=O)Nc2ccc(Br)c3cccnc23)nn1C. The second-order valence-electron chi connectivity index (χ2n) is 4.82. The molecule has 2 aromatic heterocycles. The topological polar surface area (TPSA) is 59.8 Å². The van der Waals surface area contributed by atoms with Crippen LogP contribution in [0.5, 0.6) is 0 Å². The molecule has 0 saturated carbocycles. The van der Waals surface area contributed by atoms with E-state index < -0.39 is 0 Å². The summed E-state index contributed by atoms with van der Waals surface area (Å²) in [6.45, 7) is 1.89. The van der Waals surface area contributed by atoms with Gasteiger partial charge in [-0.15, -0.1) is 0 Å². The van der Waals surface area contributed by atoms with Crippen molar-refractivity contribution in [1.82, 2.24) is 14.8 Å². The van der Waals surface area contributed by atoms with Crippen molar-refractivity contribution < 1.29 is 4.79 Å². The first-order valence-corrected chi connectivity index (χ1v) is 8.11. The van der Waals surface area contributed by atoms with E-state index in [0.717, 1.165) is 21.1 Å². The summed E-state index contributed by atoms with van der Waals surface area (Å²) in [6.07, 6.45) is 1.70. The standard InChI is InChI=1S/C15H12Br2N4O/c1-8-12(17)14(20-21(8)2)15(22)19-11-6-5-10(16)9-4-3-7-18-13(9)11/h3-7H,1-2H3,(H,19,22). The highest BCUT2D eigenvalue weighted by Crippen LogP contribution is 2.29. The van der Waals surface area contributed by atoms with Crippen molar-refractivity contribution in [2.75, 3.05) is 5.32 Å². The summed E-state index contributed by atoms with van der Waals surface area (Å²) in [7, 11) is 1.80. The molecular weight excluding hydrogens is 412 g/mol. The molecule has 3 rings (SSSR count). The summed E-state index contributed by atoms with van der Waals surface area (Å²) >= 11 is 6.90. The fraction of sp³-hybridized carbons (Fsp3) is 0.133. The lowest BCUT2D eigenvalue weighted by atomic mass is 10.2. The smallest absolute Gasteiger partial charge is 0.277 e. The minimum atomic E-state index is -0.273. The van der Waals surface area contributed by atoms with Gasteiger partial charge in [0, 0.05) is 23.1 Å². The average Bonchev–Trinajstić information content (AvgIpc) is 2.78. The van der Waals surface area contributed by atoms with Gasteiger partial charge in [0.25, 0.3) is 5.91 Å². The van der Waals surface area contributed by atoms with Crippen molar-refractivity contribution in [2.24, 2.45) is 7.05 Å². The van der Waals surface area contributed by atoms with Crippen LogP contribution < -0.4 is 5.32 Å². The number of hydrogen-bond acceptors (Lipinski definition) is 3. The lowest BCUT2D eigenvalue weighted by Gasteiger charge is -2.08. The lowest BCUT2D eigenvalue weighted by Crippen LogP contribution is -2.14. The van der Waals surface area contributed by atoms with Crippen LogP contribution in [0.15, 0.2) is 39.4 Å². The first-order chi connectivity index (χ1) is 10.5. The molecule has 1 N–H and O–H groups in total. The summed E-state index contributed by atoms with van der Waals surface area (Å²) in [4.78, 5) is 16.8. The number of rotatable bonds is 2. The first-order valence-electron chi connectivity index (χ1n) is 6.52. The van der Waals surface area contributed by atoms with Gasteiger partial charge in [0.15, 0.2) is 5.69 Å². The molecule has 3 aromatic rings. The number of nitrogens with one attached hydrogen (secondary N) is 1. The van der Waals surface area contributed by atoms with Gasteiger partial charge in [-0.3, -0.25) is 14.5 Å². The third-order valence-electron chi connectivity index (χ3n) is 3.44. The number of nitrogens with zero attached hydrogens (tertiary/aromatic N) is 3. The van der Waals surface area contributed by atoms with Crippen molar-refractivity contribution in [1.29, 1.82) is 0 Å². The zero-order chi connectivity index (χ0) is 15.9. The molecule has 0 fully saturated rings. The maximum absolute atomic E-state index is 12.5. The van der Waals surface area contributed by atoms with Crippen molar-refractivity contribution in [3.8, 4) is 0 Å². The van der Waals surface area contributed by atoms with E-state index in [9.17, 15) is 4.79 Å². The van der Waals surface area contributed by atoms with Crippen LogP contribution in [0.4, 0.5) is 5.69 Å². The van der Waals surface area contributed by atoms with Crippen LogP contribution in [0, 0.1) is 6.92 Å². The fourth-order valence-electron chi connectivity index (χ4n) is 2.15. The van der Waals surface area contributed by atoms with Crippen LogP contribution >= 0.6 is 31.9 Å². The van der Waals surface area contributed by atoms with Crippen molar-refractivity contribution in [2.45, 2.75) is 6.92 Å².